The van der Waals surface area contributed by atoms with E-state index >= 15 is 0 Å². The molecule has 2 rings (SSSR count). The zero-order chi connectivity index (χ0) is 12.3. The summed E-state index contributed by atoms with van der Waals surface area (Å²) < 4.78 is 18.5. The van der Waals surface area contributed by atoms with E-state index in [1.807, 2.05) is 6.07 Å². The second kappa shape index (κ2) is 5.27. The van der Waals surface area contributed by atoms with Crippen LogP contribution in [0.15, 0.2) is 36.5 Å². The first-order chi connectivity index (χ1) is 8.19. The van der Waals surface area contributed by atoms with Crippen LogP contribution in [0.2, 0.25) is 0 Å². The number of pyridine rings is 1. The first-order valence-corrected chi connectivity index (χ1v) is 6.26. The van der Waals surface area contributed by atoms with Crippen molar-refractivity contribution in [2.45, 2.75) is 12.3 Å². The molecule has 2 aromatic rings. The highest BCUT2D eigenvalue weighted by molar-refractivity contribution is 9.08. The summed E-state index contributed by atoms with van der Waals surface area (Å²) in [5.41, 5.74) is 1.82. The van der Waals surface area contributed by atoms with Gasteiger partial charge >= 0.3 is 0 Å². The Balaban J connectivity index is 2.19. The van der Waals surface area contributed by atoms with Crippen molar-refractivity contribution in [3.63, 3.8) is 0 Å². The van der Waals surface area contributed by atoms with E-state index in [1.165, 1.54) is 12.1 Å². The average molecular weight is 296 g/mol. The number of hydrogen-bond acceptors (Lipinski definition) is 2. The lowest BCUT2D eigenvalue weighted by Gasteiger charge is -2.07. The standard InChI is InChI=1S/C13H11BrFNO/c1-9-6-11(15)3-4-12(9)17-13-5-2-10(7-14)8-16-13/h2-6,8H,7H2,1H3. The zero-order valence-electron chi connectivity index (χ0n) is 9.28. The Kier molecular flexibility index (Phi) is 3.74. The molecule has 0 amide bonds. The molecule has 1 aromatic heterocycles. The summed E-state index contributed by atoms with van der Waals surface area (Å²) in [6, 6.07) is 8.12. The lowest BCUT2D eigenvalue weighted by Crippen LogP contribution is -1.91. The molecule has 0 aliphatic rings. The third-order valence-corrected chi connectivity index (χ3v) is 2.95. The Labute approximate surface area is 108 Å². The van der Waals surface area contributed by atoms with Gasteiger partial charge in [0.25, 0.3) is 0 Å². The quantitative estimate of drug-likeness (QED) is 0.791. The third kappa shape index (κ3) is 3.03. The monoisotopic (exact) mass is 295 g/mol. The van der Waals surface area contributed by atoms with Crippen molar-refractivity contribution in [3.8, 4) is 11.6 Å². The summed E-state index contributed by atoms with van der Waals surface area (Å²) in [4.78, 5) is 4.16. The van der Waals surface area contributed by atoms with Gasteiger partial charge in [0.05, 0.1) is 0 Å². The Hall–Kier alpha value is -1.42. The Morgan fingerprint density at radius 3 is 2.71 bits per heavy atom. The molecule has 1 heterocycles. The number of rotatable bonds is 3. The number of ether oxygens (including phenoxy) is 1. The molecule has 0 fully saturated rings. The average Bonchev–Trinajstić information content (AvgIpc) is 2.34. The molecule has 0 aliphatic heterocycles. The van der Waals surface area contributed by atoms with E-state index < -0.39 is 0 Å². The Bertz CT molecular complexity index is 513. The summed E-state index contributed by atoms with van der Waals surface area (Å²) in [5, 5.41) is 0.760. The van der Waals surface area contributed by atoms with Crippen molar-refractivity contribution < 1.29 is 9.13 Å². The van der Waals surface area contributed by atoms with Crippen LogP contribution in [-0.4, -0.2) is 4.98 Å². The molecule has 17 heavy (non-hydrogen) atoms. The highest BCUT2D eigenvalue weighted by Crippen LogP contribution is 2.24. The van der Waals surface area contributed by atoms with Gasteiger partial charge in [-0.15, -0.1) is 0 Å². The maximum absolute atomic E-state index is 12.9. The fourth-order valence-corrected chi connectivity index (χ4v) is 1.72. The lowest BCUT2D eigenvalue weighted by atomic mass is 10.2. The molecule has 0 bridgehead atoms. The highest BCUT2D eigenvalue weighted by Gasteiger charge is 2.03. The predicted octanol–water partition coefficient (Wildman–Crippen LogP) is 4.22. The summed E-state index contributed by atoms with van der Waals surface area (Å²) in [6.45, 7) is 1.80. The summed E-state index contributed by atoms with van der Waals surface area (Å²) in [5.74, 6) is 0.854. The summed E-state index contributed by atoms with van der Waals surface area (Å²) in [7, 11) is 0. The van der Waals surface area contributed by atoms with E-state index in [1.54, 1.807) is 25.3 Å². The molecule has 4 heteroatoms. The van der Waals surface area contributed by atoms with Crippen LogP contribution in [0.3, 0.4) is 0 Å². The van der Waals surface area contributed by atoms with Crippen LogP contribution in [-0.2, 0) is 5.33 Å². The van der Waals surface area contributed by atoms with Crippen molar-refractivity contribution >= 4 is 15.9 Å². The van der Waals surface area contributed by atoms with Gasteiger partial charge in [-0.3, -0.25) is 0 Å². The third-order valence-electron chi connectivity index (χ3n) is 2.30. The van der Waals surface area contributed by atoms with Gasteiger partial charge in [-0.25, -0.2) is 9.37 Å². The van der Waals surface area contributed by atoms with Crippen molar-refractivity contribution in [3.05, 3.63) is 53.5 Å². The second-order valence-electron chi connectivity index (χ2n) is 3.65. The largest absolute Gasteiger partial charge is 0.439 e. The number of aryl methyl sites for hydroxylation is 1. The van der Waals surface area contributed by atoms with Crippen molar-refractivity contribution in [1.29, 1.82) is 0 Å². The highest BCUT2D eigenvalue weighted by atomic mass is 79.9. The summed E-state index contributed by atoms with van der Waals surface area (Å²) >= 11 is 3.35. The first-order valence-electron chi connectivity index (χ1n) is 5.14. The van der Waals surface area contributed by atoms with E-state index in [4.69, 9.17) is 4.74 Å². The first kappa shape index (κ1) is 12.0. The van der Waals surface area contributed by atoms with Crippen molar-refractivity contribution in [2.24, 2.45) is 0 Å². The maximum atomic E-state index is 12.9. The fraction of sp³-hybridized carbons (Fsp3) is 0.154. The van der Waals surface area contributed by atoms with E-state index in [0.717, 1.165) is 16.5 Å². The van der Waals surface area contributed by atoms with Gasteiger partial charge < -0.3 is 4.74 Å². The molecular formula is C13H11BrFNO. The van der Waals surface area contributed by atoms with E-state index in [2.05, 4.69) is 20.9 Å². The van der Waals surface area contributed by atoms with Crippen LogP contribution in [0, 0.1) is 12.7 Å². The van der Waals surface area contributed by atoms with Gasteiger partial charge in [-0.2, -0.15) is 0 Å². The Morgan fingerprint density at radius 1 is 1.29 bits per heavy atom. The zero-order valence-corrected chi connectivity index (χ0v) is 10.9. The van der Waals surface area contributed by atoms with Gasteiger partial charge in [0.2, 0.25) is 5.88 Å². The van der Waals surface area contributed by atoms with Gasteiger partial charge in [0.15, 0.2) is 0 Å². The molecule has 0 aliphatic carbocycles. The van der Waals surface area contributed by atoms with Gasteiger partial charge in [-0.05, 0) is 36.2 Å². The topological polar surface area (TPSA) is 22.1 Å². The number of alkyl halides is 1. The second-order valence-corrected chi connectivity index (χ2v) is 4.21. The molecule has 0 saturated carbocycles. The van der Waals surface area contributed by atoms with Crippen LogP contribution >= 0.6 is 15.9 Å². The van der Waals surface area contributed by atoms with E-state index in [-0.39, 0.29) is 5.82 Å². The maximum Gasteiger partial charge on any atom is 0.219 e. The Morgan fingerprint density at radius 2 is 2.12 bits per heavy atom. The number of halogens is 2. The SMILES string of the molecule is Cc1cc(F)ccc1Oc1ccc(CBr)cn1. The van der Waals surface area contributed by atoms with Crippen LogP contribution in [0.5, 0.6) is 11.6 Å². The number of nitrogens with zero attached hydrogens (tertiary/aromatic N) is 1. The van der Waals surface area contributed by atoms with Crippen LogP contribution in [0.4, 0.5) is 4.39 Å². The predicted molar refractivity (Wildman–Crippen MR) is 68.1 cm³/mol. The molecule has 2 nitrogen and oxygen atoms in total. The molecule has 0 atom stereocenters. The van der Waals surface area contributed by atoms with Crippen molar-refractivity contribution in [1.82, 2.24) is 4.98 Å². The molecular weight excluding hydrogens is 285 g/mol. The minimum Gasteiger partial charge on any atom is -0.439 e. The molecule has 0 radical (unpaired) electrons. The van der Waals surface area contributed by atoms with Gasteiger partial charge in [0, 0.05) is 17.6 Å². The van der Waals surface area contributed by atoms with E-state index in [9.17, 15) is 4.39 Å². The van der Waals surface area contributed by atoms with Gasteiger partial charge in [0.1, 0.15) is 11.6 Å². The molecule has 88 valence electrons. The van der Waals surface area contributed by atoms with Crippen LogP contribution in [0.1, 0.15) is 11.1 Å². The van der Waals surface area contributed by atoms with Crippen molar-refractivity contribution in [2.75, 3.05) is 0 Å². The minimum absolute atomic E-state index is 0.266. The fourth-order valence-electron chi connectivity index (χ4n) is 1.39. The molecule has 0 spiro atoms. The molecule has 0 N–H and O–H groups in total. The number of aromatic nitrogens is 1. The van der Waals surface area contributed by atoms with Crippen LogP contribution in [0.25, 0.3) is 0 Å². The molecule has 1 aromatic carbocycles. The number of benzene rings is 1. The minimum atomic E-state index is -0.266. The smallest absolute Gasteiger partial charge is 0.219 e. The normalized spacial score (nSPS) is 10.3. The van der Waals surface area contributed by atoms with Gasteiger partial charge in [-0.1, -0.05) is 22.0 Å². The number of hydrogen-bond donors (Lipinski definition) is 0. The summed E-state index contributed by atoms with van der Waals surface area (Å²) in [6.07, 6.45) is 1.74. The van der Waals surface area contributed by atoms with E-state index in [0.29, 0.717) is 11.6 Å². The molecule has 0 unspecified atom stereocenters. The van der Waals surface area contributed by atoms with Crippen LogP contribution < -0.4 is 4.74 Å². The molecule has 0 saturated heterocycles. The lowest BCUT2D eigenvalue weighted by molar-refractivity contribution is 0.457.